The number of aromatic nitrogens is 3. The number of morpholine rings is 1. The quantitative estimate of drug-likeness (QED) is 0.657. The zero-order chi connectivity index (χ0) is 17.2. The number of hydrogen-bond acceptors (Lipinski definition) is 6. The van der Waals surface area contributed by atoms with Gasteiger partial charge in [-0.1, -0.05) is 41.6 Å². The van der Waals surface area contributed by atoms with Crippen LogP contribution in [-0.4, -0.2) is 57.5 Å². The van der Waals surface area contributed by atoms with E-state index in [4.69, 9.17) is 4.74 Å². The van der Waals surface area contributed by atoms with Crippen LogP contribution in [-0.2, 0) is 9.53 Å². The molecule has 1 aliphatic heterocycles. The van der Waals surface area contributed by atoms with Gasteiger partial charge in [0.05, 0.1) is 24.7 Å². The third-order valence-electron chi connectivity index (χ3n) is 4.16. The molecule has 6 nitrogen and oxygen atoms in total. The van der Waals surface area contributed by atoms with Gasteiger partial charge in [-0.05, 0) is 12.5 Å². The Morgan fingerprint density at radius 3 is 2.76 bits per heavy atom. The number of amides is 1. The summed E-state index contributed by atoms with van der Waals surface area (Å²) in [5.74, 6) is 0.487. The van der Waals surface area contributed by atoms with Gasteiger partial charge in [0.2, 0.25) is 10.9 Å². The van der Waals surface area contributed by atoms with E-state index in [-0.39, 0.29) is 5.91 Å². The molecule has 3 heterocycles. The molecule has 2 aromatic heterocycles. The molecule has 0 bridgehead atoms. The SMILES string of the molecule is Cc1ccc(-c2csc3nnc(SCC(=O)N4CCOCC4)n23)cc1. The highest BCUT2D eigenvalue weighted by Gasteiger charge is 2.19. The molecular formula is C17H18N4O2S2. The van der Waals surface area contributed by atoms with Crippen molar-refractivity contribution in [1.82, 2.24) is 19.5 Å². The summed E-state index contributed by atoms with van der Waals surface area (Å²) in [7, 11) is 0. The zero-order valence-corrected chi connectivity index (χ0v) is 15.5. The molecular weight excluding hydrogens is 356 g/mol. The van der Waals surface area contributed by atoms with Gasteiger partial charge in [0, 0.05) is 18.5 Å². The molecule has 8 heteroatoms. The number of carbonyl (C=O) groups is 1. The van der Waals surface area contributed by atoms with Crippen molar-refractivity contribution in [3.8, 4) is 11.3 Å². The summed E-state index contributed by atoms with van der Waals surface area (Å²) in [6.07, 6.45) is 0. The maximum atomic E-state index is 12.4. The molecule has 0 unspecified atom stereocenters. The van der Waals surface area contributed by atoms with Crippen molar-refractivity contribution in [1.29, 1.82) is 0 Å². The lowest BCUT2D eigenvalue weighted by atomic mass is 10.1. The second-order valence-corrected chi connectivity index (χ2v) is 7.65. The summed E-state index contributed by atoms with van der Waals surface area (Å²) < 4.78 is 7.33. The Morgan fingerprint density at radius 2 is 2.00 bits per heavy atom. The molecule has 130 valence electrons. The second kappa shape index (κ2) is 7.15. The van der Waals surface area contributed by atoms with Crippen molar-refractivity contribution in [3.05, 3.63) is 35.2 Å². The van der Waals surface area contributed by atoms with E-state index in [0.717, 1.165) is 21.4 Å². The molecule has 0 saturated carbocycles. The summed E-state index contributed by atoms with van der Waals surface area (Å²) in [6.45, 7) is 4.65. The first-order chi connectivity index (χ1) is 12.2. The molecule has 0 radical (unpaired) electrons. The van der Waals surface area contributed by atoms with E-state index in [1.807, 2.05) is 9.30 Å². The van der Waals surface area contributed by atoms with Crippen molar-refractivity contribution >= 4 is 34.0 Å². The zero-order valence-electron chi connectivity index (χ0n) is 13.8. The topological polar surface area (TPSA) is 59.7 Å². The maximum Gasteiger partial charge on any atom is 0.233 e. The number of aryl methyl sites for hydroxylation is 1. The van der Waals surface area contributed by atoms with Crippen molar-refractivity contribution < 1.29 is 9.53 Å². The molecule has 3 aromatic rings. The van der Waals surface area contributed by atoms with Gasteiger partial charge in [-0.3, -0.25) is 9.20 Å². The van der Waals surface area contributed by atoms with Crippen LogP contribution in [0.4, 0.5) is 0 Å². The van der Waals surface area contributed by atoms with Gasteiger partial charge in [-0.25, -0.2) is 0 Å². The first kappa shape index (κ1) is 16.6. The lowest BCUT2D eigenvalue weighted by Crippen LogP contribution is -2.41. The minimum absolute atomic E-state index is 0.122. The molecule has 0 N–H and O–H groups in total. The first-order valence-electron chi connectivity index (χ1n) is 8.10. The predicted octanol–water partition coefficient (Wildman–Crippen LogP) is 2.72. The van der Waals surface area contributed by atoms with Crippen LogP contribution in [0.15, 0.2) is 34.8 Å². The fraction of sp³-hybridized carbons (Fsp3) is 0.353. The Balaban J connectivity index is 1.55. The summed E-state index contributed by atoms with van der Waals surface area (Å²) in [4.78, 5) is 15.0. The minimum Gasteiger partial charge on any atom is -0.378 e. The standard InChI is InChI=1S/C17H18N4O2S2/c1-12-2-4-13(5-3-12)14-10-24-16-18-19-17(21(14)16)25-11-15(22)20-6-8-23-9-7-20/h2-5,10H,6-9,11H2,1H3. The summed E-state index contributed by atoms with van der Waals surface area (Å²) in [6, 6.07) is 8.39. The smallest absolute Gasteiger partial charge is 0.233 e. The lowest BCUT2D eigenvalue weighted by molar-refractivity contribution is -0.132. The van der Waals surface area contributed by atoms with E-state index >= 15 is 0 Å². The highest BCUT2D eigenvalue weighted by molar-refractivity contribution is 7.99. The number of nitrogens with zero attached hydrogens (tertiary/aromatic N) is 4. The third-order valence-corrected chi connectivity index (χ3v) is 5.89. The number of rotatable bonds is 4. The van der Waals surface area contributed by atoms with Crippen LogP contribution in [0.1, 0.15) is 5.56 Å². The molecule has 25 heavy (non-hydrogen) atoms. The molecule has 0 aliphatic carbocycles. The summed E-state index contributed by atoms with van der Waals surface area (Å²) >= 11 is 3.00. The second-order valence-electron chi connectivity index (χ2n) is 5.87. The minimum atomic E-state index is 0.122. The Morgan fingerprint density at radius 1 is 1.24 bits per heavy atom. The molecule has 0 spiro atoms. The molecule has 1 amide bonds. The third kappa shape index (κ3) is 3.42. The van der Waals surface area contributed by atoms with Crippen LogP contribution in [0.2, 0.25) is 0 Å². The fourth-order valence-electron chi connectivity index (χ4n) is 2.75. The van der Waals surface area contributed by atoms with Gasteiger partial charge >= 0.3 is 0 Å². The number of ether oxygens (including phenoxy) is 1. The fourth-order valence-corrected chi connectivity index (χ4v) is 4.49. The monoisotopic (exact) mass is 374 g/mol. The Hall–Kier alpha value is -1.90. The van der Waals surface area contributed by atoms with Gasteiger partial charge in [-0.15, -0.1) is 21.5 Å². The van der Waals surface area contributed by atoms with Crippen LogP contribution in [0, 0.1) is 6.92 Å². The van der Waals surface area contributed by atoms with Gasteiger partial charge in [0.15, 0.2) is 5.16 Å². The van der Waals surface area contributed by atoms with Crippen molar-refractivity contribution in [3.63, 3.8) is 0 Å². The Bertz CT molecular complexity index is 882. The van der Waals surface area contributed by atoms with E-state index in [1.165, 1.54) is 17.3 Å². The first-order valence-corrected chi connectivity index (χ1v) is 9.97. The molecule has 1 fully saturated rings. The Kier molecular flexibility index (Phi) is 4.74. The van der Waals surface area contributed by atoms with Crippen LogP contribution in [0.3, 0.4) is 0 Å². The van der Waals surface area contributed by atoms with Gasteiger partial charge in [0.25, 0.3) is 0 Å². The highest BCUT2D eigenvalue weighted by atomic mass is 32.2. The molecule has 0 atom stereocenters. The number of hydrogen-bond donors (Lipinski definition) is 0. The predicted molar refractivity (Wildman–Crippen MR) is 99.2 cm³/mol. The lowest BCUT2D eigenvalue weighted by Gasteiger charge is -2.26. The number of thiazole rings is 1. The number of carbonyl (C=O) groups excluding carboxylic acids is 1. The van der Waals surface area contributed by atoms with Crippen LogP contribution in [0.25, 0.3) is 16.2 Å². The normalized spacial score (nSPS) is 15.0. The average Bonchev–Trinajstić information content (AvgIpc) is 3.24. The maximum absolute atomic E-state index is 12.4. The van der Waals surface area contributed by atoms with E-state index in [1.54, 1.807) is 11.3 Å². The van der Waals surface area contributed by atoms with Crippen molar-refractivity contribution in [2.75, 3.05) is 32.1 Å². The van der Waals surface area contributed by atoms with Gasteiger partial charge in [0.1, 0.15) is 0 Å². The number of thioether (sulfide) groups is 1. The van der Waals surface area contributed by atoms with Crippen molar-refractivity contribution in [2.45, 2.75) is 12.1 Å². The van der Waals surface area contributed by atoms with Crippen LogP contribution in [0.5, 0.6) is 0 Å². The average molecular weight is 374 g/mol. The largest absolute Gasteiger partial charge is 0.378 e. The number of benzene rings is 1. The summed E-state index contributed by atoms with van der Waals surface area (Å²) in [5, 5.41) is 11.3. The van der Waals surface area contributed by atoms with Crippen LogP contribution >= 0.6 is 23.1 Å². The van der Waals surface area contributed by atoms with Crippen LogP contribution < -0.4 is 0 Å². The van der Waals surface area contributed by atoms with Gasteiger partial charge < -0.3 is 9.64 Å². The van der Waals surface area contributed by atoms with E-state index in [9.17, 15) is 4.79 Å². The van der Waals surface area contributed by atoms with E-state index in [0.29, 0.717) is 32.1 Å². The summed E-state index contributed by atoms with van der Waals surface area (Å²) in [5.41, 5.74) is 3.41. The molecule has 1 aromatic carbocycles. The number of fused-ring (bicyclic) bond motifs is 1. The molecule has 4 rings (SSSR count). The molecule has 1 aliphatic rings. The van der Waals surface area contributed by atoms with Crippen molar-refractivity contribution in [2.24, 2.45) is 0 Å². The molecule has 1 saturated heterocycles. The highest BCUT2D eigenvalue weighted by Crippen LogP contribution is 2.30. The van der Waals surface area contributed by atoms with E-state index in [2.05, 4.69) is 46.8 Å². The van der Waals surface area contributed by atoms with Gasteiger partial charge in [-0.2, -0.15) is 0 Å². The van der Waals surface area contributed by atoms with E-state index < -0.39 is 0 Å². The Labute approximate surface area is 153 Å².